The van der Waals surface area contributed by atoms with Crippen LogP contribution >= 0.6 is 0 Å². The summed E-state index contributed by atoms with van der Waals surface area (Å²) < 4.78 is 7.61. The van der Waals surface area contributed by atoms with Crippen molar-refractivity contribution in [1.29, 1.82) is 0 Å². The van der Waals surface area contributed by atoms with Gasteiger partial charge in [0.15, 0.2) is 0 Å². The largest absolute Gasteiger partial charge is 0.491 e. The van der Waals surface area contributed by atoms with E-state index in [0.717, 1.165) is 28.3 Å². The molecule has 2 heterocycles. The number of benzene rings is 1. The minimum atomic E-state index is 0.176. The summed E-state index contributed by atoms with van der Waals surface area (Å²) in [5.74, 6) is 1.67. The van der Waals surface area contributed by atoms with Crippen molar-refractivity contribution in [1.82, 2.24) is 14.5 Å². The second-order valence-electron chi connectivity index (χ2n) is 5.20. The zero-order chi connectivity index (χ0) is 14.8. The molecule has 0 amide bonds. The summed E-state index contributed by atoms with van der Waals surface area (Å²) in [6, 6.07) is 9.87. The summed E-state index contributed by atoms with van der Waals surface area (Å²) in [6.45, 7) is 4.03. The van der Waals surface area contributed by atoms with E-state index in [-0.39, 0.29) is 6.10 Å². The molecule has 5 nitrogen and oxygen atoms in total. The van der Waals surface area contributed by atoms with E-state index in [1.54, 1.807) is 6.33 Å². The monoisotopic (exact) mass is 282 g/mol. The number of fused-ring (bicyclic) bond motifs is 1. The van der Waals surface area contributed by atoms with Crippen LogP contribution in [0.4, 0.5) is 11.5 Å². The molecular formula is C16H18N4O. The van der Waals surface area contributed by atoms with Crippen molar-refractivity contribution in [3.63, 3.8) is 0 Å². The zero-order valence-corrected chi connectivity index (χ0v) is 12.4. The maximum atomic E-state index is 5.64. The Morgan fingerprint density at radius 2 is 1.86 bits per heavy atom. The molecule has 2 aromatic heterocycles. The molecule has 0 radical (unpaired) electrons. The number of rotatable bonds is 4. The zero-order valence-electron chi connectivity index (χ0n) is 12.4. The van der Waals surface area contributed by atoms with Gasteiger partial charge in [-0.2, -0.15) is 0 Å². The van der Waals surface area contributed by atoms with Crippen LogP contribution in [0.25, 0.3) is 11.0 Å². The molecule has 0 aliphatic rings. The molecule has 0 aliphatic carbocycles. The fraction of sp³-hybridized carbons (Fsp3) is 0.250. The van der Waals surface area contributed by atoms with Gasteiger partial charge in [0.05, 0.1) is 11.5 Å². The van der Waals surface area contributed by atoms with Crippen LogP contribution in [-0.2, 0) is 7.05 Å². The van der Waals surface area contributed by atoms with Crippen molar-refractivity contribution in [2.75, 3.05) is 5.32 Å². The Bertz CT molecular complexity index is 747. The topological polar surface area (TPSA) is 52.0 Å². The van der Waals surface area contributed by atoms with Gasteiger partial charge in [-0.05, 0) is 44.2 Å². The van der Waals surface area contributed by atoms with Gasteiger partial charge >= 0.3 is 0 Å². The van der Waals surface area contributed by atoms with Gasteiger partial charge in [-0.1, -0.05) is 0 Å². The maximum absolute atomic E-state index is 5.64. The summed E-state index contributed by atoms with van der Waals surface area (Å²) in [7, 11) is 1.97. The number of aromatic nitrogens is 3. The molecule has 0 fully saturated rings. The Labute approximate surface area is 123 Å². The van der Waals surface area contributed by atoms with E-state index in [0.29, 0.717) is 0 Å². The molecular weight excluding hydrogens is 264 g/mol. The van der Waals surface area contributed by atoms with E-state index < -0.39 is 0 Å². The van der Waals surface area contributed by atoms with Crippen molar-refractivity contribution in [3.05, 3.63) is 42.9 Å². The summed E-state index contributed by atoms with van der Waals surface area (Å²) in [5.41, 5.74) is 1.88. The van der Waals surface area contributed by atoms with E-state index in [4.69, 9.17) is 4.74 Å². The highest BCUT2D eigenvalue weighted by Crippen LogP contribution is 2.24. The predicted octanol–water partition coefficient (Wildman–Crippen LogP) is 3.50. The number of hydrogen-bond donors (Lipinski definition) is 1. The normalized spacial score (nSPS) is 11.0. The summed E-state index contributed by atoms with van der Waals surface area (Å²) >= 11 is 0. The third-order valence-electron chi connectivity index (χ3n) is 3.15. The summed E-state index contributed by atoms with van der Waals surface area (Å²) in [5, 5.41) is 4.32. The van der Waals surface area contributed by atoms with Crippen molar-refractivity contribution >= 4 is 22.5 Å². The number of hydrogen-bond acceptors (Lipinski definition) is 4. The van der Waals surface area contributed by atoms with Crippen molar-refractivity contribution in [3.8, 4) is 5.75 Å². The molecule has 0 bridgehead atoms. The molecule has 21 heavy (non-hydrogen) atoms. The lowest BCUT2D eigenvalue weighted by molar-refractivity contribution is 0.242. The van der Waals surface area contributed by atoms with Gasteiger partial charge in [-0.25, -0.2) is 9.97 Å². The standard InChI is InChI=1S/C16H18N4O/c1-11(2)21-13-6-4-12(5-7-13)19-15-14-8-9-20(3)16(14)18-10-17-15/h4-11H,1-3H3,(H,17,18,19). The molecule has 5 heteroatoms. The fourth-order valence-electron chi connectivity index (χ4n) is 2.20. The van der Waals surface area contributed by atoms with Crippen LogP contribution in [0.2, 0.25) is 0 Å². The number of anilines is 2. The van der Waals surface area contributed by atoms with Crippen LogP contribution in [0.5, 0.6) is 5.75 Å². The van der Waals surface area contributed by atoms with Crippen molar-refractivity contribution in [2.24, 2.45) is 7.05 Å². The van der Waals surface area contributed by atoms with Crippen molar-refractivity contribution < 1.29 is 4.74 Å². The summed E-state index contributed by atoms with van der Waals surface area (Å²) in [4.78, 5) is 8.60. The average molecular weight is 282 g/mol. The molecule has 1 aromatic carbocycles. The molecule has 0 unspecified atom stereocenters. The van der Waals surface area contributed by atoms with E-state index in [2.05, 4.69) is 15.3 Å². The van der Waals surface area contributed by atoms with E-state index in [9.17, 15) is 0 Å². The van der Waals surface area contributed by atoms with Gasteiger partial charge in [0.25, 0.3) is 0 Å². The Morgan fingerprint density at radius 1 is 1.10 bits per heavy atom. The minimum absolute atomic E-state index is 0.176. The van der Waals surface area contributed by atoms with Crippen LogP contribution in [0.15, 0.2) is 42.9 Å². The molecule has 0 saturated carbocycles. The predicted molar refractivity (Wildman–Crippen MR) is 84.0 cm³/mol. The maximum Gasteiger partial charge on any atom is 0.145 e. The van der Waals surface area contributed by atoms with E-state index in [1.807, 2.05) is 62.0 Å². The van der Waals surface area contributed by atoms with Gasteiger partial charge < -0.3 is 14.6 Å². The number of aryl methyl sites for hydroxylation is 1. The molecule has 0 spiro atoms. The molecule has 0 saturated heterocycles. The minimum Gasteiger partial charge on any atom is -0.491 e. The van der Waals surface area contributed by atoms with Crippen LogP contribution in [0, 0.1) is 0 Å². The number of ether oxygens (including phenoxy) is 1. The Hall–Kier alpha value is -2.56. The smallest absolute Gasteiger partial charge is 0.145 e. The van der Waals surface area contributed by atoms with Gasteiger partial charge in [-0.15, -0.1) is 0 Å². The fourth-order valence-corrected chi connectivity index (χ4v) is 2.20. The lowest BCUT2D eigenvalue weighted by Gasteiger charge is -2.11. The Morgan fingerprint density at radius 3 is 2.57 bits per heavy atom. The third-order valence-corrected chi connectivity index (χ3v) is 3.15. The van der Waals surface area contributed by atoms with Gasteiger partial charge in [-0.3, -0.25) is 0 Å². The van der Waals surface area contributed by atoms with Crippen LogP contribution in [-0.4, -0.2) is 20.6 Å². The van der Waals surface area contributed by atoms with Crippen molar-refractivity contribution in [2.45, 2.75) is 20.0 Å². The summed E-state index contributed by atoms with van der Waals surface area (Å²) in [6.07, 6.45) is 3.72. The highest BCUT2D eigenvalue weighted by molar-refractivity contribution is 5.89. The van der Waals surface area contributed by atoms with Gasteiger partial charge in [0, 0.05) is 18.9 Å². The van der Waals surface area contributed by atoms with Crippen LogP contribution in [0.1, 0.15) is 13.8 Å². The molecule has 3 aromatic rings. The first kappa shape index (κ1) is 13.4. The second-order valence-corrected chi connectivity index (χ2v) is 5.20. The third kappa shape index (κ3) is 2.81. The number of nitrogens with zero attached hydrogens (tertiary/aromatic N) is 3. The van der Waals surface area contributed by atoms with Gasteiger partial charge in [0.1, 0.15) is 23.5 Å². The second kappa shape index (κ2) is 5.44. The number of nitrogens with one attached hydrogen (secondary N) is 1. The molecule has 0 atom stereocenters. The molecule has 0 aliphatic heterocycles. The van der Waals surface area contributed by atoms with Crippen LogP contribution < -0.4 is 10.1 Å². The highest BCUT2D eigenvalue weighted by Gasteiger charge is 2.07. The van der Waals surface area contributed by atoms with Crippen LogP contribution in [0.3, 0.4) is 0 Å². The molecule has 1 N–H and O–H groups in total. The lowest BCUT2D eigenvalue weighted by Crippen LogP contribution is -2.05. The highest BCUT2D eigenvalue weighted by atomic mass is 16.5. The van der Waals surface area contributed by atoms with E-state index >= 15 is 0 Å². The first-order valence-corrected chi connectivity index (χ1v) is 6.93. The Balaban J connectivity index is 1.85. The quantitative estimate of drug-likeness (QED) is 0.795. The Kier molecular flexibility index (Phi) is 3.48. The average Bonchev–Trinajstić information content (AvgIpc) is 2.83. The van der Waals surface area contributed by atoms with Gasteiger partial charge in [0.2, 0.25) is 0 Å². The lowest BCUT2D eigenvalue weighted by atomic mass is 10.3. The first-order chi connectivity index (χ1) is 10.1. The molecule has 3 rings (SSSR count). The SMILES string of the molecule is CC(C)Oc1ccc(Nc2ncnc3c2ccn3C)cc1. The van der Waals surface area contributed by atoms with E-state index in [1.165, 1.54) is 0 Å². The first-order valence-electron chi connectivity index (χ1n) is 6.93. The molecule has 108 valence electrons.